The molecule has 5 rings (SSSR count). The number of carbonyl (C=O) groups excluding carboxylic acids is 1. The lowest BCUT2D eigenvalue weighted by atomic mass is 9.87. The number of aromatic nitrogens is 4. The lowest BCUT2D eigenvalue weighted by Crippen LogP contribution is -2.42. The second-order valence-electron chi connectivity index (χ2n) is 7.10. The van der Waals surface area contributed by atoms with E-state index >= 15 is 0 Å². The summed E-state index contributed by atoms with van der Waals surface area (Å²) < 4.78 is 5.64. The van der Waals surface area contributed by atoms with Crippen molar-refractivity contribution in [1.82, 2.24) is 20.1 Å². The molecule has 4 aromatic rings. The summed E-state index contributed by atoms with van der Waals surface area (Å²) in [5.41, 5.74) is 2.04. The summed E-state index contributed by atoms with van der Waals surface area (Å²) in [5, 5.41) is 6.13. The minimum absolute atomic E-state index is 0.0936. The summed E-state index contributed by atoms with van der Waals surface area (Å²) in [6, 6.07) is 11.9. The number of aryl methyl sites for hydroxylation is 1. The first-order valence-electron chi connectivity index (χ1n) is 9.46. The van der Waals surface area contributed by atoms with Crippen molar-refractivity contribution in [2.75, 3.05) is 4.90 Å². The number of amides is 1. The van der Waals surface area contributed by atoms with Gasteiger partial charge in [-0.05, 0) is 36.9 Å². The number of hydrogen-bond donors (Lipinski definition) is 1. The number of aromatic amines is 1. The van der Waals surface area contributed by atoms with Crippen molar-refractivity contribution in [3.8, 4) is 11.6 Å². The number of benzene rings is 1. The average molecular weight is 405 g/mol. The fourth-order valence-electron chi connectivity index (χ4n) is 3.82. The molecule has 0 saturated carbocycles. The van der Waals surface area contributed by atoms with Crippen molar-refractivity contribution < 1.29 is 9.32 Å². The molecule has 1 N–H and O–H groups in total. The molecule has 146 valence electrons. The van der Waals surface area contributed by atoms with Crippen LogP contribution < -0.4 is 4.90 Å². The maximum Gasteiger partial charge on any atom is 0.238 e. The normalized spacial score (nSPS) is 19.6. The Bertz CT molecular complexity index is 1100. The lowest BCUT2D eigenvalue weighted by molar-refractivity contribution is -0.120. The number of hydrogen-bond acceptors (Lipinski definition) is 6. The van der Waals surface area contributed by atoms with Crippen LogP contribution in [0.15, 0.2) is 58.7 Å². The third kappa shape index (κ3) is 3.25. The number of imidazole rings is 1. The van der Waals surface area contributed by atoms with Crippen LogP contribution in [0.5, 0.6) is 0 Å². The van der Waals surface area contributed by atoms with Gasteiger partial charge in [-0.3, -0.25) is 4.79 Å². The van der Waals surface area contributed by atoms with Gasteiger partial charge in [0.1, 0.15) is 0 Å². The Hall–Kier alpha value is -3.26. The van der Waals surface area contributed by atoms with Gasteiger partial charge < -0.3 is 14.4 Å². The molecular weight excluding hydrogens is 386 g/mol. The smallest absolute Gasteiger partial charge is 0.238 e. The Morgan fingerprint density at radius 2 is 2.10 bits per heavy atom. The Labute approximate surface area is 171 Å². The van der Waals surface area contributed by atoms with Crippen molar-refractivity contribution in [2.45, 2.75) is 31.7 Å². The molecule has 7 nitrogen and oxygen atoms in total. The molecule has 8 heteroatoms. The van der Waals surface area contributed by atoms with E-state index in [1.54, 1.807) is 23.7 Å². The average Bonchev–Trinajstić information content (AvgIpc) is 3.50. The standard InChI is InChI=1S/C21H19N5O2S/c1-13-4-6-14(7-5-13)26-17(27)9-8-15(18(26)16-3-2-12-29-16)21-24-20(25-28-21)19-22-10-11-23-19/h2-7,10-12,15,18H,8-9H2,1H3,(H,22,23). The summed E-state index contributed by atoms with van der Waals surface area (Å²) in [5.74, 6) is 1.53. The Balaban J connectivity index is 1.57. The SMILES string of the molecule is Cc1ccc(N2C(=O)CCC(c3nc(-c4ncc[nH]4)no3)C2c2cccs2)cc1. The molecular formula is C21H19N5O2S. The predicted octanol–water partition coefficient (Wildman–Crippen LogP) is 4.48. The highest BCUT2D eigenvalue weighted by atomic mass is 32.1. The maximum atomic E-state index is 13.0. The Kier molecular flexibility index (Phi) is 4.48. The molecule has 0 radical (unpaired) electrons. The molecule has 1 fully saturated rings. The van der Waals surface area contributed by atoms with E-state index in [4.69, 9.17) is 4.52 Å². The van der Waals surface area contributed by atoms with Crippen molar-refractivity contribution >= 4 is 22.9 Å². The van der Waals surface area contributed by atoms with Crippen molar-refractivity contribution in [3.63, 3.8) is 0 Å². The van der Waals surface area contributed by atoms with E-state index in [9.17, 15) is 4.79 Å². The molecule has 1 saturated heterocycles. The van der Waals surface area contributed by atoms with Gasteiger partial charge >= 0.3 is 0 Å². The van der Waals surface area contributed by atoms with Crippen molar-refractivity contribution in [2.24, 2.45) is 0 Å². The fourth-order valence-corrected chi connectivity index (χ4v) is 4.70. The van der Waals surface area contributed by atoms with Crippen LogP contribution in [-0.4, -0.2) is 26.0 Å². The third-order valence-corrected chi connectivity index (χ3v) is 6.16. The first-order chi connectivity index (χ1) is 14.2. The van der Waals surface area contributed by atoms with E-state index in [0.29, 0.717) is 30.4 Å². The number of anilines is 1. The van der Waals surface area contributed by atoms with E-state index in [-0.39, 0.29) is 17.9 Å². The highest BCUT2D eigenvalue weighted by molar-refractivity contribution is 7.10. The molecule has 0 aliphatic carbocycles. The van der Waals surface area contributed by atoms with Gasteiger partial charge in [0.25, 0.3) is 0 Å². The summed E-state index contributed by atoms with van der Waals surface area (Å²) in [4.78, 5) is 27.8. The highest BCUT2D eigenvalue weighted by Gasteiger charge is 2.42. The Morgan fingerprint density at radius 3 is 2.83 bits per heavy atom. The van der Waals surface area contributed by atoms with Gasteiger partial charge in [-0.15, -0.1) is 11.3 Å². The maximum absolute atomic E-state index is 13.0. The van der Waals surface area contributed by atoms with E-state index in [0.717, 1.165) is 16.1 Å². The van der Waals surface area contributed by atoms with Crippen LogP contribution in [0.1, 0.15) is 41.1 Å². The molecule has 3 aromatic heterocycles. The zero-order valence-electron chi connectivity index (χ0n) is 15.8. The Morgan fingerprint density at radius 1 is 1.24 bits per heavy atom. The fraction of sp³-hybridized carbons (Fsp3) is 0.238. The minimum atomic E-state index is -0.191. The van der Waals surface area contributed by atoms with Gasteiger partial charge in [0.2, 0.25) is 17.6 Å². The molecule has 1 aliphatic rings. The topological polar surface area (TPSA) is 87.9 Å². The van der Waals surface area contributed by atoms with E-state index in [2.05, 4.69) is 26.2 Å². The van der Waals surface area contributed by atoms with E-state index in [1.807, 2.05) is 47.5 Å². The van der Waals surface area contributed by atoms with Gasteiger partial charge in [0.15, 0.2) is 5.82 Å². The number of piperidine rings is 1. The summed E-state index contributed by atoms with van der Waals surface area (Å²) in [7, 11) is 0. The zero-order chi connectivity index (χ0) is 19.8. The zero-order valence-corrected chi connectivity index (χ0v) is 16.6. The molecule has 0 spiro atoms. The van der Waals surface area contributed by atoms with Crippen LogP contribution >= 0.6 is 11.3 Å². The number of rotatable bonds is 4. The van der Waals surface area contributed by atoms with Crippen LogP contribution in [0.3, 0.4) is 0 Å². The van der Waals surface area contributed by atoms with Gasteiger partial charge in [-0.2, -0.15) is 4.98 Å². The van der Waals surface area contributed by atoms with Crippen LogP contribution in [0.4, 0.5) is 5.69 Å². The second kappa shape index (κ2) is 7.29. The molecule has 0 bridgehead atoms. The minimum Gasteiger partial charge on any atom is -0.342 e. The monoisotopic (exact) mass is 405 g/mol. The van der Waals surface area contributed by atoms with Gasteiger partial charge in [0.05, 0.1) is 12.0 Å². The van der Waals surface area contributed by atoms with Gasteiger partial charge in [-0.25, -0.2) is 4.98 Å². The van der Waals surface area contributed by atoms with Crippen molar-refractivity contribution in [3.05, 3.63) is 70.5 Å². The number of nitrogens with zero attached hydrogens (tertiary/aromatic N) is 4. The number of carbonyl (C=O) groups is 1. The van der Waals surface area contributed by atoms with E-state index < -0.39 is 0 Å². The van der Waals surface area contributed by atoms with Gasteiger partial charge in [0, 0.05) is 29.4 Å². The predicted molar refractivity (Wildman–Crippen MR) is 110 cm³/mol. The number of H-pyrrole nitrogens is 1. The first-order valence-corrected chi connectivity index (χ1v) is 10.3. The molecule has 1 amide bonds. The quantitative estimate of drug-likeness (QED) is 0.541. The van der Waals surface area contributed by atoms with Crippen molar-refractivity contribution in [1.29, 1.82) is 0 Å². The second-order valence-corrected chi connectivity index (χ2v) is 8.08. The molecule has 4 heterocycles. The first kappa shape index (κ1) is 17.8. The summed E-state index contributed by atoms with van der Waals surface area (Å²) in [6.45, 7) is 2.04. The molecule has 29 heavy (non-hydrogen) atoms. The molecule has 2 unspecified atom stereocenters. The van der Waals surface area contributed by atoms with E-state index in [1.165, 1.54) is 0 Å². The summed E-state index contributed by atoms with van der Waals surface area (Å²) in [6.07, 6.45) is 4.46. The summed E-state index contributed by atoms with van der Waals surface area (Å²) >= 11 is 1.63. The van der Waals surface area contributed by atoms with Gasteiger partial charge in [-0.1, -0.05) is 28.9 Å². The van der Waals surface area contributed by atoms with Crippen LogP contribution in [0.25, 0.3) is 11.6 Å². The third-order valence-electron chi connectivity index (χ3n) is 5.21. The largest absolute Gasteiger partial charge is 0.342 e. The lowest BCUT2D eigenvalue weighted by Gasteiger charge is -2.39. The van der Waals surface area contributed by atoms with Crippen LogP contribution in [0, 0.1) is 6.92 Å². The highest BCUT2D eigenvalue weighted by Crippen LogP contribution is 2.46. The number of nitrogens with one attached hydrogen (secondary N) is 1. The molecule has 2 atom stereocenters. The molecule has 1 aliphatic heterocycles. The number of thiophene rings is 1. The molecule has 1 aromatic carbocycles. The van der Waals surface area contributed by atoms with Crippen LogP contribution in [-0.2, 0) is 4.79 Å². The van der Waals surface area contributed by atoms with Crippen LogP contribution in [0.2, 0.25) is 0 Å².